The molecule has 0 bridgehead atoms. The zero-order valence-corrected chi connectivity index (χ0v) is 10.9. The van der Waals surface area contributed by atoms with E-state index < -0.39 is 4.92 Å². The van der Waals surface area contributed by atoms with E-state index in [-0.39, 0.29) is 17.2 Å². The van der Waals surface area contributed by atoms with Gasteiger partial charge in [0.15, 0.2) is 5.78 Å². The summed E-state index contributed by atoms with van der Waals surface area (Å²) in [6, 6.07) is 12.7. The van der Waals surface area contributed by atoms with Crippen LogP contribution in [0.5, 0.6) is 11.5 Å². The number of benzene rings is 2. The van der Waals surface area contributed by atoms with Gasteiger partial charge in [-0.1, -0.05) is 31.2 Å². The van der Waals surface area contributed by atoms with E-state index in [1.807, 2.05) is 0 Å². The van der Waals surface area contributed by atoms with Crippen LogP contribution in [0.2, 0.25) is 0 Å². The highest BCUT2D eigenvalue weighted by atomic mass is 16.6. The van der Waals surface area contributed by atoms with E-state index in [1.54, 1.807) is 43.3 Å². The summed E-state index contributed by atoms with van der Waals surface area (Å²) in [5.74, 6) is 0.551. The Morgan fingerprint density at radius 3 is 2.65 bits per heavy atom. The summed E-state index contributed by atoms with van der Waals surface area (Å²) in [7, 11) is 0. The van der Waals surface area contributed by atoms with Crippen LogP contribution in [0.15, 0.2) is 48.5 Å². The molecule has 2 rings (SSSR count). The fraction of sp³-hybridized carbons (Fsp3) is 0.133. The third-order valence-electron chi connectivity index (χ3n) is 2.77. The van der Waals surface area contributed by atoms with Gasteiger partial charge >= 0.3 is 5.69 Å². The summed E-state index contributed by atoms with van der Waals surface area (Å²) in [6.07, 6.45) is 0.398. The van der Waals surface area contributed by atoms with Crippen LogP contribution < -0.4 is 4.74 Å². The average molecular weight is 271 g/mol. The maximum Gasteiger partial charge on any atom is 0.311 e. The molecule has 20 heavy (non-hydrogen) atoms. The van der Waals surface area contributed by atoms with Gasteiger partial charge in [-0.3, -0.25) is 14.9 Å². The fourth-order valence-corrected chi connectivity index (χ4v) is 1.76. The first-order chi connectivity index (χ1) is 9.61. The van der Waals surface area contributed by atoms with Crippen molar-refractivity contribution in [2.45, 2.75) is 13.3 Å². The number of carbonyl (C=O) groups excluding carboxylic acids is 1. The Labute approximate surface area is 116 Å². The minimum Gasteiger partial charge on any atom is -0.450 e. The summed E-state index contributed by atoms with van der Waals surface area (Å²) in [6.45, 7) is 1.78. The first-order valence-corrected chi connectivity index (χ1v) is 6.16. The number of para-hydroxylation sites is 2. The number of hydrogen-bond donors (Lipinski definition) is 0. The molecule has 0 N–H and O–H groups in total. The molecule has 0 amide bonds. The Hall–Kier alpha value is -2.69. The molecule has 0 aromatic heterocycles. The normalized spacial score (nSPS) is 10.1. The van der Waals surface area contributed by atoms with Crippen molar-refractivity contribution in [3.8, 4) is 11.5 Å². The first-order valence-electron chi connectivity index (χ1n) is 6.16. The van der Waals surface area contributed by atoms with Crippen LogP contribution >= 0.6 is 0 Å². The highest BCUT2D eigenvalue weighted by Gasteiger charge is 2.14. The second kappa shape index (κ2) is 5.97. The molecule has 0 saturated carbocycles. The van der Waals surface area contributed by atoms with Gasteiger partial charge in [-0.2, -0.15) is 0 Å². The molecule has 0 atom stereocenters. The van der Waals surface area contributed by atoms with Crippen molar-refractivity contribution >= 4 is 11.5 Å². The molecule has 0 fully saturated rings. The topological polar surface area (TPSA) is 69.4 Å². The van der Waals surface area contributed by atoms with Crippen molar-refractivity contribution in [2.75, 3.05) is 0 Å². The van der Waals surface area contributed by atoms with Crippen LogP contribution in [0.4, 0.5) is 5.69 Å². The fourth-order valence-electron chi connectivity index (χ4n) is 1.76. The minimum atomic E-state index is -0.504. The van der Waals surface area contributed by atoms with Crippen LogP contribution in [0, 0.1) is 10.1 Å². The SMILES string of the molecule is CCC(=O)c1cccc(Oc2ccccc2[N+](=O)[O-])c1. The molecular weight excluding hydrogens is 258 g/mol. The maximum atomic E-state index is 11.6. The number of Topliss-reactive ketones (excluding diaryl/α,β-unsaturated/α-hetero) is 1. The number of carbonyl (C=O) groups is 1. The lowest BCUT2D eigenvalue weighted by atomic mass is 10.1. The molecule has 0 heterocycles. The number of hydrogen-bond acceptors (Lipinski definition) is 4. The van der Waals surface area contributed by atoms with Gasteiger partial charge in [-0.25, -0.2) is 0 Å². The highest BCUT2D eigenvalue weighted by molar-refractivity contribution is 5.96. The van der Waals surface area contributed by atoms with Gasteiger partial charge < -0.3 is 4.74 Å². The van der Waals surface area contributed by atoms with E-state index in [4.69, 9.17) is 4.74 Å². The van der Waals surface area contributed by atoms with E-state index in [2.05, 4.69) is 0 Å². The van der Waals surface area contributed by atoms with Crippen LogP contribution in [0.25, 0.3) is 0 Å². The van der Waals surface area contributed by atoms with Gasteiger partial charge in [0.1, 0.15) is 5.75 Å². The third kappa shape index (κ3) is 3.00. The molecule has 0 spiro atoms. The molecular formula is C15H13NO4. The van der Waals surface area contributed by atoms with E-state index in [0.717, 1.165) is 0 Å². The van der Waals surface area contributed by atoms with Gasteiger partial charge in [0, 0.05) is 18.1 Å². The summed E-state index contributed by atoms with van der Waals surface area (Å²) in [5.41, 5.74) is 0.420. The Kier molecular flexibility index (Phi) is 4.10. The van der Waals surface area contributed by atoms with E-state index in [0.29, 0.717) is 17.7 Å². The molecule has 5 nitrogen and oxygen atoms in total. The molecule has 0 saturated heterocycles. The lowest BCUT2D eigenvalue weighted by Crippen LogP contribution is -1.97. The molecule has 2 aromatic carbocycles. The average Bonchev–Trinajstić information content (AvgIpc) is 2.47. The predicted molar refractivity (Wildman–Crippen MR) is 74.2 cm³/mol. The van der Waals surface area contributed by atoms with Gasteiger partial charge in [-0.15, -0.1) is 0 Å². The predicted octanol–water partition coefficient (Wildman–Crippen LogP) is 3.98. The maximum absolute atomic E-state index is 11.6. The van der Waals surface area contributed by atoms with Gasteiger partial charge in [0.2, 0.25) is 5.75 Å². The standard InChI is InChI=1S/C15H13NO4/c1-2-14(17)11-6-5-7-12(10-11)20-15-9-4-3-8-13(15)16(18)19/h3-10H,2H2,1H3. The number of ether oxygens (including phenoxy) is 1. The molecule has 0 aliphatic heterocycles. The second-order valence-corrected chi connectivity index (χ2v) is 4.13. The van der Waals surface area contributed by atoms with E-state index in [1.165, 1.54) is 12.1 Å². The van der Waals surface area contributed by atoms with E-state index >= 15 is 0 Å². The molecule has 2 aromatic rings. The quantitative estimate of drug-likeness (QED) is 0.468. The van der Waals surface area contributed by atoms with Crippen molar-refractivity contribution in [2.24, 2.45) is 0 Å². The smallest absolute Gasteiger partial charge is 0.311 e. The molecule has 0 radical (unpaired) electrons. The van der Waals surface area contributed by atoms with Crippen LogP contribution in [-0.4, -0.2) is 10.7 Å². The highest BCUT2D eigenvalue weighted by Crippen LogP contribution is 2.31. The van der Waals surface area contributed by atoms with Crippen molar-refractivity contribution in [3.63, 3.8) is 0 Å². The summed E-state index contributed by atoms with van der Waals surface area (Å²) < 4.78 is 5.51. The van der Waals surface area contributed by atoms with Gasteiger partial charge in [-0.05, 0) is 18.2 Å². The molecule has 0 aliphatic carbocycles. The number of rotatable bonds is 5. The number of nitro groups is 1. The van der Waals surface area contributed by atoms with Crippen molar-refractivity contribution in [1.82, 2.24) is 0 Å². The number of nitrogens with zero attached hydrogens (tertiary/aromatic N) is 1. The lowest BCUT2D eigenvalue weighted by molar-refractivity contribution is -0.385. The summed E-state index contributed by atoms with van der Waals surface area (Å²) in [4.78, 5) is 22.0. The van der Waals surface area contributed by atoms with Crippen LogP contribution in [0.1, 0.15) is 23.7 Å². The zero-order chi connectivity index (χ0) is 14.5. The minimum absolute atomic E-state index is 0.00184. The first kappa shape index (κ1) is 13.7. The van der Waals surface area contributed by atoms with Crippen molar-refractivity contribution < 1.29 is 14.5 Å². The second-order valence-electron chi connectivity index (χ2n) is 4.13. The van der Waals surface area contributed by atoms with E-state index in [9.17, 15) is 14.9 Å². The summed E-state index contributed by atoms with van der Waals surface area (Å²) in [5, 5.41) is 10.9. The van der Waals surface area contributed by atoms with Crippen molar-refractivity contribution in [1.29, 1.82) is 0 Å². The number of ketones is 1. The Bertz CT molecular complexity index is 652. The molecule has 0 unspecified atom stereocenters. The van der Waals surface area contributed by atoms with Crippen LogP contribution in [-0.2, 0) is 0 Å². The van der Waals surface area contributed by atoms with Gasteiger partial charge in [0.05, 0.1) is 4.92 Å². The Morgan fingerprint density at radius 2 is 1.95 bits per heavy atom. The largest absolute Gasteiger partial charge is 0.450 e. The zero-order valence-electron chi connectivity index (χ0n) is 10.9. The monoisotopic (exact) mass is 271 g/mol. The third-order valence-corrected chi connectivity index (χ3v) is 2.77. The molecule has 102 valence electrons. The molecule has 0 aliphatic rings. The van der Waals surface area contributed by atoms with Gasteiger partial charge in [0.25, 0.3) is 0 Å². The van der Waals surface area contributed by atoms with Crippen LogP contribution in [0.3, 0.4) is 0 Å². The number of nitro benzene ring substituents is 1. The lowest BCUT2D eigenvalue weighted by Gasteiger charge is -2.07. The molecule has 5 heteroatoms. The summed E-state index contributed by atoms with van der Waals surface area (Å²) >= 11 is 0. The van der Waals surface area contributed by atoms with Crippen molar-refractivity contribution in [3.05, 3.63) is 64.2 Å². The Balaban J connectivity index is 2.31. The Morgan fingerprint density at radius 1 is 1.20 bits per heavy atom.